The lowest BCUT2D eigenvalue weighted by Gasteiger charge is -2.41. The molecule has 5 rings (SSSR count). The van der Waals surface area contributed by atoms with E-state index >= 15 is 0 Å². The first kappa shape index (κ1) is 24.1. The summed E-state index contributed by atoms with van der Waals surface area (Å²) in [5.41, 5.74) is 1.25. The van der Waals surface area contributed by atoms with Crippen LogP contribution in [0, 0.1) is 17.0 Å². The van der Waals surface area contributed by atoms with Crippen molar-refractivity contribution in [1.29, 1.82) is 0 Å². The third-order valence-corrected chi connectivity index (χ3v) is 7.74. The minimum Gasteiger partial charge on any atom is -0.385 e. The maximum Gasteiger partial charge on any atom is 0.199 e. The molecule has 0 amide bonds. The molecule has 2 N–H and O–H groups in total. The molecule has 1 aliphatic carbocycles. The van der Waals surface area contributed by atoms with Crippen LogP contribution < -0.4 is 0 Å². The van der Waals surface area contributed by atoms with Crippen molar-refractivity contribution in [3.8, 4) is 22.9 Å². The van der Waals surface area contributed by atoms with Gasteiger partial charge < -0.3 is 10.1 Å². The number of hydrogen-bond acceptors (Lipinski definition) is 7. The molecule has 0 unspecified atom stereocenters. The lowest BCUT2D eigenvalue weighted by molar-refractivity contribution is 0.189. The average Bonchev–Trinajstić information content (AvgIpc) is 3.40. The van der Waals surface area contributed by atoms with Gasteiger partial charge in [0.25, 0.3) is 0 Å². The number of halogens is 2. The molecule has 36 heavy (non-hydrogen) atoms. The quantitative estimate of drug-likeness (QED) is 0.409. The first-order valence-electron chi connectivity index (χ1n) is 11.9. The molecule has 3 aromatic heterocycles. The van der Waals surface area contributed by atoms with Gasteiger partial charge in [-0.3, -0.25) is 0 Å². The van der Waals surface area contributed by atoms with Crippen LogP contribution in [-0.2, 0) is 5.41 Å². The third kappa shape index (κ3) is 3.42. The number of benzene rings is 1. The second-order valence-electron chi connectivity index (χ2n) is 9.94. The van der Waals surface area contributed by atoms with Crippen molar-refractivity contribution in [3.05, 3.63) is 70.9 Å². The Morgan fingerprint density at radius 1 is 1.06 bits per heavy atom. The number of nitrogens with zero attached hydrogens (tertiary/aromatic N) is 6. The van der Waals surface area contributed by atoms with Crippen LogP contribution in [0.5, 0.6) is 0 Å². The monoisotopic (exact) mass is 491 g/mol. The van der Waals surface area contributed by atoms with Crippen molar-refractivity contribution in [1.82, 2.24) is 35.3 Å². The number of rotatable bonds is 5. The summed E-state index contributed by atoms with van der Waals surface area (Å²) in [5.74, 6) is -0.323. The molecular weight excluding hydrogens is 464 g/mol. The molecule has 0 bridgehead atoms. The summed E-state index contributed by atoms with van der Waals surface area (Å²) in [7, 11) is 0. The summed E-state index contributed by atoms with van der Waals surface area (Å²) < 4.78 is 29.1. The highest BCUT2D eigenvalue weighted by Gasteiger charge is 2.57. The minimum absolute atomic E-state index is 0.0344. The Hall–Kier alpha value is -3.66. The molecule has 8 nitrogen and oxygen atoms in total. The van der Waals surface area contributed by atoms with Crippen molar-refractivity contribution in [2.45, 2.75) is 58.5 Å². The van der Waals surface area contributed by atoms with Crippen LogP contribution in [0.25, 0.3) is 22.9 Å². The molecule has 0 fully saturated rings. The van der Waals surface area contributed by atoms with E-state index in [9.17, 15) is 13.9 Å². The number of hydrogen-bond donors (Lipinski definition) is 2. The Balaban J connectivity index is 1.67. The van der Waals surface area contributed by atoms with E-state index < -0.39 is 23.2 Å². The Bertz CT molecular complexity index is 1430. The number of aromatic nitrogens is 7. The second-order valence-corrected chi connectivity index (χ2v) is 9.94. The number of aliphatic hydroxyl groups excluding tert-OH is 1. The van der Waals surface area contributed by atoms with Gasteiger partial charge in [0.05, 0.1) is 28.1 Å². The average molecular weight is 492 g/mol. The largest absolute Gasteiger partial charge is 0.385 e. The molecule has 4 aromatic rings. The predicted octanol–water partition coefficient (Wildman–Crippen LogP) is 4.89. The summed E-state index contributed by atoms with van der Waals surface area (Å²) in [5, 5.41) is 26.7. The number of nitrogens with one attached hydrogen (secondary N) is 1. The van der Waals surface area contributed by atoms with Crippen molar-refractivity contribution in [2.24, 2.45) is 5.41 Å². The first-order chi connectivity index (χ1) is 17.1. The maximum absolute atomic E-state index is 14.5. The minimum atomic E-state index is -0.804. The molecule has 10 heteroatoms. The van der Waals surface area contributed by atoms with Crippen LogP contribution in [0.3, 0.4) is 0 Å². The van der Waals surface area contributed by atoms with Crippen LogP contribution in [0.15, 0.2) is 36.5 Å². The standard InChI is InChI=1S/C26H27F2N7O/c1-6-15-14-12-18(20-16(27)8-7-9-17(20)28)32-33-21(14)26(5,25(15,3)4)19-10-11-29-23(30-19)24-31-22(13(2)36)34-35-24/h7-13,15,36H,6H2,1-5H3,(H,31,34,35)/t13-,15+,26+/m1/s1. The van der Waals surface area contributed by atoms with E-state index in [-0.39, 0.29) is 22.6 Å². The summed E-state index contributed by atoms with van der Waals surface area (Å²) in [4.78, 5) is 12.1. The zero-order valence-corrected chi connectivity index (χ0v) is 20.7. The highest BCUT2D eigenvalue weighted by atomic mass is 19.1. The Morgan fingerprint density at radius 3 is 2.42 bits per heavy atom. The third-order valence-electron chi connectivity index (χ3n) is 7.74. The fourth-order valence-corrected chi connectivity index (χ4v) is 5.46. The van der Waals surface area contributed by atoms with Crippen LogP contribution in [0.2, 0.25) is 0 Å². The van der Waals surface area contributed by atoms with E-state index in [4.69, 9.17) is 4.98 Å². The molecule has 3 heterocycles. The smallest absolute Gasteiger partial charge is 0.199 e. The molecule has 3 atom stereocenters. The van der Waals surface area contributed by atoms with Gasteiger partial charge >= 0.3 is 0 Å². The van der Waals surface area contributed by atoms with Crippen LogP contribution in [0.1, 0.15) is 75.8 Å². The molecule has 0 radical (unpaired) electrons. The van der Waals surface area contributed by atoms with Gasteiger partial charge in [-0.05, 0) is 61.4 Å². The maximum atomic E-state index is 14.5. The molecule has 1 aromatic carbocycles. The van der Waals surface area contributed by atoms with Crippen molar-refractivity contribution in [3.63, 3.8) is 0 Å². The zero-order chi connectivity index (χ0) is 25.8. The van der Waals surface area contributed by atoms with Gasteiger partial charge in [-0.15, -0.1) is 15.3 Å². The summed E-state index contributed by atoms with van der Waals surface area (Å²) in [6.45, 7) is 10.0. The van der Waals surface area contributed by atoms with Crippen molar-refractivity contribution >= 4 is 0 Å². The molecule has 0 saturated heterocycles. The van der Waals surface area contributed by atoms with Gasteiger partial charge in [-0.2, -0.15) is 5.10 Å². The fraction of sp³-hybridized carbons (Fsp3) is 0.385. The Kier molecular flexibility index (Phi) is 5.66. The number of H-pyrrole nitrogens is 1. The topological polar surface area (TPSA) is 113 Å². The SMILES string of the molecule is CC[C@H]1c2cc(-c3c(F)cccc3F)nnc2[C@](C)(c2ccnc(-c3nnc([C@@H](C)O)[nH]3)n2)C1(C)C. The van der Waals surface area contributed by atoms with Crippen LogP contribution >= 0.6 is 0 Å². The Morgan fingerprint density at radius 2 is 1.78 bits per heavy atom. The van der Waals surface area contributed by atoms with Gasteiger partial charge in [0, 0.05) is 6.20 Å². The molecular formula is C26H27F2N7O. The lowest BCUT2D eigenvalue weighted by atomic mass is 9.62. The number of aliphatic hydroxyl groups is 1. The van der Waals surface area contributed by atoms with Gasteiger partial charge in [-0.25, -0.2) is 18.7 Å². The molecule has 0 spiro atoms. The number of fused-ring (bicyclic) bond motifs is 1. The molecule has 1 aliphatic rings. The Labute approximate surface area is 207 Å². The summed E-state index contributed by atoms with van der Waals surface area (Å²) in [6, 6.07) is 7.36. The number of aromatic amines is 1. The fourth-order valence-electron chi connectivity index (χ4n) is 5.46. The van der Waals surface area contributed by atoms with E-state index in [0.29, 0.717) is 28.9 Å². The van der Waals surface area contributed by atoms with E-state index in [0.717, 1.165) is 12.0 Å². The van der Waals surface area contributed by atoms with Crippen LogP contribution in [-0.4, -0.2) is 40.5 Å². The van der Waals surface area contributed by atoms with Crippen molar-refractivity contribution < 1.29 is 13.9 Å². The molecule has 0 aliphatic heterocycles. The van der Waals surface area contributed by atoms with E-state index in [1.54, 1.807) is 19.2 Å². The molecule has 186 valence electrons. The first-order valence-corrected chi connectivity index (χ1v) is 11.9. The van der Waals surface area contributed by atoms with Gasteiger partial charge in [0.2, 0.25) is 0 Å². The van der Waals surface area contributed by atoms with Crippen LogP contribution in [0.4, 0.5) is 8.78 Å². The predicted molar refractivity (Wildman–Crippen MR) is 129 cm³/mol. The van der Waals surface area contributed by atoms with Gasteiger partial charge in [0.15, 0.2) is 17.5 Å². The van der Waals surface area contributed by atoms with E-state index in [1.165, 1.54) is 18.2 Å². The summed E-state index contributed by atoms with van der Waals surface area (Å²) in [6.07, 6.45) is 1.64. The highest BCUT2D eigenvalue weighted by molar-refractivity contribution is 5.63. The highest BCUT2D eigenvalue weighted by Crippen LogP contribution is 2.61. The zero-order valence-electron chi connectivity index (χ0n) is 20.7. The van der Waals surface area contributed by atoms with E-state index in [2.05, 4.69) is 58.1 Å². The second kappa shape index (κ2) is 8.48. The van der Waals surface area contributed by atoms with Gasteiger partial charge in [-0.1, -0.05) is 26.8 Å². The van der Waals surface area contributed by atoms with Gasteiger partial charge in [0.1, 0.15) is 17.7 Å². The lowest BCUT2D eigenvalue weighted by Crippen LogP contribution is -2.40. The van der Waals surface area contributed by atoms with Crippen molar-refractivity contribution in [2.75, 3.05) is 0 Å². The van der Waals surface area contributed by atoms with E-state index in [1.807, 2.05) is 6.07 Å². The molecule has 0 saturated carbocycles. The summed E-state index contributed by atoms with van der Waals surface area (Å²) >= 11 is 0. The normalized spacial score (nSPS) is 21.4.